The van der Waals surface area contributed by atoms with Crippen molar-refractivity contribution >= 4 is 33.2 Å². The third kappa shape index (κ3) is 3.06. The van der Waals surface area contributed by atoms with Crippen LogP contribution in [-0.2, 0) is 0 Å². The van der Waals surface area contributed by atoms with Gasteiger partial charge in [0, 0.05) is 5.69 Å². The summed E-state index contributed by atoms with van der Waals surface area (Å²) in [5.41, 5.74) is 5.27. The first-order chi connectivity index (χ1) is 13.5. The molecule has 2 aromatic carbocycles. The maximum atomic E-state index is 13.0. The maximum absolute atomic E-state index is 13.0. The van der Waals surface area contributed by atoms with Crippen LogP contribution in [0.5, 0.6) is 0 Å². The Morgan fingerprint density at radius 3 is 2.68 bits per heavy atom. The number of aryl methyl sites for hydroxylation is 3. The molecule has 0 aliphatic carbocycles. The molecule has 0 bridgehead atoms. The molecule has 2 aromatic heterocycles. The number of nitriles is 1. The Hall–Kier alpha value is -3.43. The van der Waals surface area contributed by atoms with Gasteiger partial charge in [-0.2, -0.15) is 5.26 Å². The quantitative estimate of drug-likeness (QED) is 0.516. The molecule has 4 rings (SSSR count). The Kier molecular flexibility index (Phi) is 4.46. The minimum Gasteiger partial charge on any atom is -0.295 e. The van der Waals surface area contributed by atoms with Crippen LogP contribution in [0.1, 0.15) is 27.4 Å². The summed E-state index contributed by atoms with van der Waals surface area (Å²) in [5.74, 6) is 0. The molecule has 0 aliphatic rings. The molecule has 0 spiro atoms. The average molecular weight is 386 g/mol. The molecule has 0 saturated heterocycles. The van der Waals surface area contributed by atoms with E-state index in [2.05, 4.69) is 16.2 Å². The highest BCUT2D eigenvalue weighted by Gasteiger charge is 2.15. The van der Waals surface area contributed by atoms with E-state index in [1.54, 1.807) is 6.08 Å². The minimum atomic E-state index is -0.186. The number of thiazole rings is 1. The summed E-state index contributed by atoms with van der Waals surface area (Å²) < 4.78 is 2.53. The minimum absolute atomic E-state index is 0.186. The van der Waals surface area contributed by atoms with Crippen LogP contribution in [-0.4, -0.2) is 14.8 Å². The number of rotatable bonds is 3. The van der Waals surface area contributed by atoms with Crippen molar-refractivity contribution in [2.45, 2.75) is 20.8 Å². The largest absolute Gasteiger partial charge is 0.295 e. The van der Waals surface area contributed by atoms with Crippen molar-refractivity contribution in [2.75, 3.05) is 0 Å². The molecule has 1 N–H and O–H groups in total. The molecule has 5 nitrogen and oxygen atoms in total. The molecule has 28 heavy (non-hydrogen) atoms. The van der Waals surface area contributed by atoms with Gasteiger partial charge in [0.05, 0.1) is 27.0 Å². The van der Waals surface area contributed by atoms with E-state index >= 15 is 0 Å². The van der Waals surface area contributed by atoms with E-state index in [-0.39, 0.29) is 5.56 Å². The molecule has 0 saturated carbocycles. The second-order valence-electron chi connectivity index (χ2n) is 6.72. The van der Waals surface area contributed by atoms with Gasteiger partial charge in [-0.15, -0.1) is 11.3 Å². The normalized spacial score (nSPS) is 11.7. The fourth-order valence-corrected chi connectivity index (χ4v) is 3.98. The zero-order valence-corrected chi connectivity index (χ0v) is 16.6. The van der Waals surface area contributed by atoms with Gasteiger partial charge in [0.15, 0.2) is 0 Å². The molecule has 0 aliphatic heterocycles. The summed E-state index contributed by atoms with van der Waals surface area (Å²) in [6.07, 6.45) is 1.63. The molecular weight excluding hydrogens is 368 g/mol. The van der Waals surface area contributed by atoms with Crippen LogP contribution >= 0.6 is 11.3 Å². The number of aromatic nitrogens is 3. The molecule has 0 unspecified atom stereocenters. The van der Waals surface area contributed by atoms with E-state index in [1.165, 1.54) is 21.6 Å². The smallest absolute Gasteiger partial charge is 0.278 e. The number of para-hydroxylation sites is 1. The van der Waals surface area contributed by atoms with Crippen molar-refractivity contribution < 1.29 is 0 Å². The number of aromatic amines is 1. The number of hydrogen-bond donors (Lipinski definition) is 1. The van der Waals surface area contributed by atoms with Gasteiger partial charge in [-0.3, -0.25) is 9.89 Å². The lowest BCUT2D eigenvalue weighted by Gasteiger charge is -2.05. The first-order valence-corrected chi connectivity index (χ1v) is 9.66. The van der Waals surface area contributed by atoms with Crippen molar-refractivity contribution in [3.63, 3.8) is 0 Å². The van der Waals surface area contributed by atoms with Gasteiger partial charge in [0.25, 0.3) is 5.56 Å². The molecule has 4 aromatic rings. The van der Waals surface area contributed by atoms with Crippen LogP contribution < -0.4 is 5.56 Å². The molecule has 6 heteroatoms. The van der Waals surface area contributed by atoms with Crippen LogP contribution in [0.2, 0.25) is 0 Å². The predicted molar refractivity (Wildman–Crippen MR) is 114 cm³/mol. The molecule has 0 radical (unpaired) electrons. The fourth-order valence-electron chi connectivity index (χ4n) is 3.05. The van der Waals surface area contributed by atoms with Gasteiger partial charge in [-0.25, -0.2) is 9.67 Å². The van der Waals surface area contributed by atoms with Crippen molar-refractivity contribution in [3.05, 3.63) is 80.2 Å². The van der Waals surface area contributed by atoms with Gasteiger partial charge >= 0.3 is 0 Å². The first kappa shape index (κ1) is 18.0. The van der Waals surface area contributed by atoms with Gasteiger partial charge in [-0.1, -0.05) is 18.2 Å². The zero-order valence-electron chi connectivity index (χ0n) is 15.8. The summed E-state index contributed by atoms with van der Waals surface area (Å²) in [5, 5.41) is 13.4. The Labute approximate surface area is 166 Å². The topological polar surface area (TPSA) is 74.5 Å². The van der Waals surface area contributed by atoms with Crippen molar-refractivity contribution in [2.24, 2.45) is 0 Å². The third-order valence-electron chi connectivity index (χ3n) is 4.80. The van der Waals surface area contributed by atoms with E-state index in [1.807, 2.05) is 63.2 Å². The van der Waals surface area contributed by atoms with E-state index in [0.717, 1.165) is 21.5 Å². The Morgan fingerprint density at radius 1 is 1.18 bits per heavy atom. The van der Waals surface area contributed by atoms with E-state index in [0.29, 0.717) is 21.8 Å². The average Bonchev–Trinajstić information content (AvgIpc) is 3.23. The summed E-state index contributed by atoms with van der Waals surface area (Å²) in [7, 11) is 0. The first-order valence-electron chi connectivity index (χ1n) is 8.85. The Balaban J connectivity index is 1.82. The SMILES string of the molecule is Cc1ccc(-n2[nH]c(C)c(C=C(C#N)c3nc4ccccc4s3)c2=O)cc1C. The van der Waals surface area contributed by atoms with Crippen LogP contribution in [0, 0.1) is 32.1 Å². The zero-order chi connectivity index (χ0) is 19.8. The lowest BCUT2D eigenvalue weighted by Crippen LogP contribution is -2.16. The number of allylic oxidation sites excluding steroid dienone is 1. The fraction of sp³-hybridized carbons (Fsp3) is 0.136. The monoisotopic (exact) mass is 386 g/mol. The van der Waals surface area contributed by atoms with Crippen molar-refractivity contribution in [3.8, 4) is 11.8 Å². The van der Waals surface area contributed by atoms with E-state index in [9.17, 15) is 10.1 Å². The standard InChI is InChI=1S/C22H18N4OS/c1-13-8-9-17(10-14(13)2)26-22(27)18(15(3)25-26)11-16(12-23)21-24-19-6-4-5-7-20(19)28-21/h4-11,25H,1-3H3. The highest BCUT2D eigenvalue weighted by Crippen LogP contribution is 2.28. The summed E-state index contributed by atoms with van der Waals surface area (Å²) in [6.45, 7) is 5.88. The van der Waals surface area contributed by atoms with Crippen LogP contribution in [0.25, 0.3) is 27.6 Å². The molecular formula is C22H18N4OS. The van der Waals surface area contributed by atoms with Crippen LogP contribution in [0.3, 0.4) is 0 Å². The Morgan fingerprint density at radius 2 is 1.96 bits per heavy atom. The maximum Gasteiger partial charge on any atom is 0.278 e. The van der Waals surface area contributed by atoms with Crippen LogP contribution in [0.4, 0.5) is 0 Å². The molecule has 138 valence electrons. The summed E-state index contributed by atoms with van der Waals surface area (Å²) in [4.78, 5) is 17.5. The van der Waals surface area contributed by atoms with Gasteiger partial charge in [0.2, 0.25) is 0 Å². The highest BCUT2D eigenvalue weighted by molar-refractivity contribution is 7.19. The number of fused-ring (bicyclic) bond motifs is 1. The van der Waals surface area contributed by atoms with Gasteiger partial charge in [-0.05, 0) is 62.2 Å². The number of hydrogen-bond acceptors (Lipinski definition) is 4. The van der Waals surface area contributed by atoms with Gasteiger partial charge in [0.1, 0.15) is 11.1 Å². The lowest BCUT2D eigenvalue weighted by atomic mass is 10.1. The third-order valence-corrected chi connectivity index (χ3v) is 5.87. The Bertz CT molecular complexity index is 1300. The number of H-pyrrole nitrogens is 1. The second kappa shape index (κ2) is 6.95. The van der Waals surface area contributed by atoms with E-state index < -0.39 is 0 Å². The van der Waals surface area contributed by atoms with Crippen LogP contribution in [0.15, 0.2) is 47.3 Å². The molecule has 0 fully saturated rings. The predicted octanol–water partition coefficient (Wildman–Crippen LogP) is 4.76. The number of nitrogens with zero attached hydrogens (tertiary/aromatic N) is 3. The second-order valence-corrected chi connectivity index (χ2v) is 7.75. The van der Waals surface area contributed by atoms with Gasteiger partial charge < -0.3 is 0 Å². The lowest BCUT2D eigenvalue weighted by molar-refractivity contribution is 0.833. The highest BCUT2D eigenvalue weighted by atomic mass is 32.1. The molecule has 2 heterocycles. The van der Waals surface area contributed by atoms with E-state index in [4.69, 9.17) is 0 Å². The number of nitrogens with one attached hydrogen (secondary N) is 1. The molecule has 0 amide bonds. The number of benzene rings is 2. The summed E-state index contributed by atoms with van der Waals surface area (Å²) in [6, 6.07) is 15.8. The van der Waals surface area contributed by atoms with Crippen molar-refractivity contribution in [1.29, 1.82) is 5.26 Å². The van der Waals surface area contributed by atoms with Crippen molar-refractivity contribution in [1.82, 2.24) is 14.8 Å². The summed E-state index contributed by atoms with van der Waals surface area (Å²) >= 11 is 1.45. The molecule has 0 atom stereocenters.